The Hall–Kier alpha value is -1.37. The second kappa shape index (κ2) is 5.99. The molecule has 1 heterocycles. The minimum absolute atomic E-state index is 0.258. The molecule has 0 radical (unpaired) electrons. The average Bonchev–Trinajstić information content (AvgIpc) is 2.92. The minimum atomic E-state index is 0.258. The number of nitrogens with zero attached hydrogens (tertiary/aromatic N) is 1. The van der Waals surface area contributed by atoms with Crippen LogP contribution in [0.15, 0.2) is 24.3 Å². The van der Waals surface area contributed by atoms with E-state index in [9.17, 15) is 0 Å². The zero-order chi connectivity index (χ0) is 13.0. The first-order chi connectivity index (χ1) is 8.70. The second-order valence-electron chi connectivity index (χ2n) is 5.04. The molecule has 1 aliphatic heterocycles. The molecule has 0 amide bonds. The van der Waals surface area contributed by atoms with Crippen molar-refractivity contribution in [1.82, 2.24) is 5.32 Å². The second-order valence-corrected chi connectivity index (χ2v) is 5.04. The van der Waals surface area contributed by atoms with Gasteiger partial charge in [0.25, 0.3) is 0 Å². The quantitative estimate of drug-likeness (QED) is 0.885. The van der Waals surface area contributed by atoms with Crippen LogP contribution < -0.4 is 5.32 Å². The van der Waals surface area contributed by atoms with Crippen molar-refractivity contribution in [2.45, 2.75) is 32.4 Å². The molecule has 0 spiro atoms. The molecule has 0 aromatic heterocycles. The molecule has 1 aromatic carbocycles. The summed E-state index contributed by atoms with van der Waals surface area (Å²) >= 11 is 0. The molecule has 18 heavy (non-hydrogen) atoms. The van der Waals surface area contributed by atoms with Crippen LogP contribution in [0.3, 0.4) is 0 Å². The molecule has 0 aliphatic carbocycles. The van der Waals surface area contributed by atoms with Gasteiger partial charge in [0.15, 0.2) is 0 Å². The van der Waals surface area contributed by atoms with Crippen LogP contribution in [0.2, 0.25) is 0 Å². The summed E-state index contributed by atoms with van der Waals surface area (Å²) < 4.78 is 5.42. The van der Waals surface area contributed by atoms with Crippen molar-refractivity contribution in [2.24, 2.45) is 5.92 Å². The zero-order valence-corrected chi connectivity index (χ0v) is 11.0. The maximum atomic E-state index is 8.91. The Kier molecular flexibility index (Phi) is 4.35. The van der Waals surface area contributed by atoms with E-state index < -0.39 is 0 Å². The van der Waals surface area contributed by atoms with E-state index in [2.05, 4.69) is 31.3 Å². The minimum Gasteiger partial charge on any atom is -0.381 e. The Bertz CT molecular complexity index is 432. The number of nitrogens with one attached hydrogen (secondary N) is 1. The molecule has 3 unspecified atom stereocenters. The number of nitriles is 1. The first kappa shape index (κ1) is 13.1. The monoisotopic (exact) mass is 244 g/mol. The predicted octanol–water partition coefficient (Wildman–Crippen LogP) is 2.63. The molecule has 0 bridgehead atoms. The Morgan fingerprint density at radius 1 is 1.44 bits per heavy atom. The van der Waals surface area contributed by atoms with Crippen LogP contribution in [-0.2, 0) is 4.74 Å². The Labute approximate surface area is 109 Å². The molecule has 0 saturated carbocycles. The van der Waals surface area contributed by atoms with E-state index in [0.717, 1.165) is 25.2 Å². The topological polar surface area (TPSA) is 45.0 Å². The molecule has 3 atom stereocenters. The van der Waals surface area contributed by atoms with Crippen molar-refractivity contribution in [3.63, 3.8) is 0 Å². The van der Waals surface area contributed by atoms with Gasteiger partial charge in [0.1, 0.15) is 0 Å². The van der Waals surface area contributed by atoms with Gasteiger partial charge in [-0.05, 0) is 43.9 Å². The highest BCUT2D eigenvalue weighted by molar-refractivity contribution is 5.34. The van der Waals surface area contributed by atoms with E-state index in [1.54, 1.807) is 0 Å². The third kappa shape index (κ3) is 3.10. The molecule has 3 nitrogen and oxygen atoms in total. The molecule has 1 N–H and O–H groups in total. The standard InChI is InChI=1S/C15H20N2O/c1-11(14-5-3-4-13(8-14)9-16)17-12(2)15-6-7-18-10-15/h3-5,8,11-12,15,17H,6-7,10H2,1-2H3. The van der Waals surface area contributed by atoms with Crippen LogP contribution in [-0.4, -0.2) is 19.3 Å². The van der Waals surface area contributed by atoms with Gasteiger partial charge in [0.2, 0.25) is 0 Å². The summed E-state index contributed by atoms with van der Waals surface area (Å²) in [4.78, 5) is 0. The molecular formula is C15H20N2O. The van der Waals surface area contributed by atoms with Crippen LogP contribution >= 0.6 is 0 Å². The number of hydrogen-bond acceptors (Lipinski definition) is 3. The molecule has 3 heteroatoms. The van der Waals surface area contributed by atoms with Crippen molar-refractivity contribution < 1.29 is 4.74 Å². The number of rotatable bonds is 4. The lowest BCUT2D eigenvalue weighted by Crippen LogP contribution is -2.35. The van der Waals surface area contributed by atoms with Gasteiger partial charge in [0.05, 0.1) is 18.2 Å². The van der Waals surface area contributed by atoms with Gasteiger partial charge in [-0.1, -0.05) is 12.1 Å². The summed E-state index contributed by atoms with van der Waals surface area (Å²) in [6.07, 6.45) is 1.14. The summed E-state index contributed by atoms with van der Waals surface area (Å²) in [6.45, 7) is 6.10. The smallest absolute Gasteiger partial charge is 0.0991 e. The highest BCUT2D eigenvalue weighted by atomic mass is 16.5. The molecule has 96 valence electrons. The van der Waals surface area contributed by atoms with Gasteiger partial charge in [-0.25, -0.2) is 0 Å². The van der Waals surface area contributed by atoms with Crippen molar-refractivity contribution >= 4 is 0 Å². The van der Waals surface area contributed by atoms with Gasteiger partial charge in [-0.2, -0.15) is 5.26 Å². The van der Waals surface area contributed by atoms with Crippen LogP contribution in [0, 0.1) is 17.2 Å². The van der Waals surface area contributed by atoms with E-state index in [4.69, 9.17) is 10.00 Å². The van der Waals surface area contributed by atoms with Crippen molar-refractivity contribution in [1.29, 1.82) is 5.26 Å². The third-order valence-electron chi connectivity index (χ3n) is 3.70. The fourth-order valence-corrected chi connectivity index (χ4v) is 2.45. The summed E-state index contributed by atoms with van der Waals surface area (Å²) in [5, 5.41) is 12.5. The van der Waals surface area contributed by atoms with Crippen molar-refractivity contribution in [3.05, 3.63) is 35.4 Å². The van der Waals surface area contributed by atoms with E-state index in [0.29, 0.717) is 12.0 Å². The largest absolute Gasteiger partial charge is 0.381 e. The Balaban J connectivity index is 1.98. The third-order valence-corrected chi connectivity index (χ3v) is 3.70. The van der Waals surface area contributed by atoms with Crippen LogP contribution in [0.5, 0.6) is 0 Å². The average molecular weight is 244 g/mol. The Morgan fingerprint density at radius 3 is 2.94 bits per heavy atom. The van der Waals surface area contributed by atoms with Crippen LogP contribution in [0.25, 0.3) is 0 Å². The lowest BCUT2D eigenvalue weighted by atomic mass is 9.98. The summed E-state index contributed by atoms with van der Waals surface area (Å²) in [5.74, 6) is 0.603. The molecular weight excluding hydrogens is 224 g/mol. The SMILES string of the molecule is CC(NC(C)C1CCOC1)c1cccc(C#N)c1. The Morgan fingerprint density at radius 2 is 2.28 bits per heavy atom. The van der Waals surface area contributed by atoms with Gasteiger partial charge < -0.3 is 10.1 Å². The zero-order valence-electron chi connectivity index (χ0n) is 11.0. The van der Waals surface area contributed by atoms with E-state index >= 15 is 0 Å². The highest BCUT2D eigenvalue weighted by Crippen LogP contribution is 2.20. The highest BCUT2D eigenvalue weighted by Gasteiger charge is 2.23. The molecule has 1 aliphatic rings. The molecule has 1 aromatic rings. The fourth-order valence-electron chi connectivity index (χ4n) is 2.45. The number of ether oxygens (including phenoxy) is 1. The lowest BCUT2D eigenvalue weighted by molar-refractivity contribution is 0.177. The normalized spacial score (nSPS) is 22.4. The maximum Gasteiger partial charge on any atom is 0.0991 e. The fraction of sp³-hybridized carbons (Fsp3) is 0.533. The molecule has 1 fully saturated rings. The first-order valence-corrected chi connectivity index (χ1v) is 6.54. The van der Waals surface area contributed by atoms with Gasteiger partial charge in [-0.15, -0.1) is 0 Å². The first-order valence-electron chi connectivity index (χ1n) is 6.54. The van der Waals surface area contributed by atoms with Crippen LogP contribution in [0.1, 0.15) is 37.4 Å². The van der Waals surface area contributed by atoms with Crippen LogP contribution in [0.4, 0.5) is 0 Å². The maximum absolute atomic E-state index is 8.91. The van der Waals surface area contributed by atoms with E-state index in [1.165, 1.54) is 5.56 Å². The van der Waals surface area contributed by atoms with Crippen molar-refractivity contribution in [2.75, 3.05) is 13.2 Å². The summed E-state index contributed by atoms with van der Waals surface area (Å²) in [5.41, 5.74) is 1.89. The van der Waals surface area contributed by atoms with E-state index in [-0.39, 0.29) is 6.04 Å². The molecule has 1 saturated heterocycles. The van der Waals surface area contributed by atoms with E-state index in [1.807, 2.05) is 18.2 Å². The van der Waals surface area contributed by atoms with Gasteiger partial charge >= 0.3 is 0 Å². The van der Waals surface area contributed by atoms with Gasteiger partial charge in [-0.3, -0.25) is 0 Å². The number of benzene rings is 1. The number of hydrogen-bond donors (Lipinski definition) is 1. The van der Waals surface area contributed by atoms with Crippen molar-refractivity contribution in [3.8, 4) is 6.07 Å². The summed E-state index contributed by atoms with van der Waals surface area (Å²) in [7, 11) is 0. The lowest BCUT2D eigenvalue weighted by Gasteiger charge is -2.24. The predicted molar refractivity (Wildman–Crippen MR) is 71.1 cm³/mol. The summed E-state index contributed by atoms with van der Waals surface area (Å²) in [6, 6.07) is 10.7. The van der Waals surface area contributed by atoms with Gasteiger partial charge in [0, 0.05) is 18.7 Å². The molecule has 2 rings (SSSR count).